The summed E-state index contributed by atoms with van der Waals surface area (Å²) in [6.07, 6.45) is 5.00. The maximum absolute atomic E-state index is 13.4. The molecule has 3 amide bonds. The van der Waals surface area contributed by atoms with E-state index in [1.54, 1.807) is 18.3 Å². The number of nitrogens with zero attached hydrogens (tertiary/aromatic N) is 2. The molecule has 3 heterocycles. The Morgan fingerprint density at radius 2 is 2.08 bits per heavy atom. The summed E-state index contributed by atoms with van der Waals surface area (Å²) < 4.78 is 0. The van der Waals surface area contributed by atoms with Gasteiger partial charge in [0.2, 0.25) is 0 Å². The van der Waals surface area contributed by atoms with Gasteiger partial charge in [-0.15, -0.1) is 0 Å². The van der Waals surface area contributed by atoms with Gasteiger partial charge in [-0.3, -0.25) is 9.69 Å². The van der Waals surface area contributed by atoms with E-state index >= 15 is 0 Å². The second-order valence-corrected chi connectivity index (χ2v) is 7.84. The third-order valence-electron chi connectivity index (χ3n) is 5.54. The Balaban J connectivity index is 1.85. The van der Waals surface area contributed by atoms with Crippen LogP contribution in [-0.2, 0) is 11.3 Å². The van der Waals surface area contributed by atoms with Crippen molar-refractivity contribution in [2.75, 3.05) is 18.8 Å². The van der Waals surface area contributed by atoms with E-state index in [9.17, 15) is 9.59 Å². The smallest absolute Gasteiger partial charge is 0.325 e. The van der Waals surface area contributed by atoms with Crippen molar-refractivity contribution in [1.29, 1.82) is 0 Å². The first-order chi connectivity index (χ1) is 12.4. The van der Waals surface area contributed by atoms with Crippen LogP contribution in [0.25, 0.3) is 0 Å². The van der Waals surface area contributed by atoms with Gasteiger partial charge in [0.25, 0.3) is 5.91 Å². The molecule has 0 aliphatic carbocycles. The Morgan fingerprint density at radius 1 is 1.35 bits per heavy atom. The number of imide groups is 1. The standard InChI is InChI=1S/C19H29N5O2/c1-13(2)3-7-19(15-5-8-21-9-6-15)17(25)24(18(26)23-19)12-14-4-10-22-16(20)11-14/h4,10-11,13,15,21H,3,5-9,12H2,1-2H3,(H2,20,22)(H,23,26). The summed E-state index contributed by atoms with van der Waals surface area (Å²) in [6.45, 7) is 6.30. The summed E-state index contributed by atoms with van der Waals surface area (Å²) in [5, 5.41) is 6.44. The van der Waals surface area contributed by atoms with Crippen LogP contribution >= 0.6 is 0 Å². The van der Waals surface area contributed by atoms with Crippen LogP contribution in [0.5, 0.6) is 0 Å². The number of carbonyl (C=O) groups excluding carboxylic acids is 2. The molecule has 2 aliphatic rings. The number of aromatic nitrogens is 1. The van der Waals surface area contributed by atoms with Crippen LogP contribution < -0.4 is 16.4 Å². The summed E-state index contributed by atoms with van der Waals surface area (Å²) in [7, 11) is 0. The molecule has 7 nitrogen and oxygen atoms in total. The molecular weight excluding hydrogens is 330 g/mol. The number of nitrogens with two attached hydrogens (primary N) is 1. The molecule has 4 N–H and O–H groups in total. The van der Waals surface area contributed by atoms with E-state index in [-0.39, 0.29) is 24.4 Å². The van der Waals surface area contributed by atoms with Crippen molar-refractivity contribution in [2.24, 2.45) is 11.8 Å². The molecule has 2 fully saturated rings. The fourth-order valence-corrected chi connectivity index (χ4v) is 4.05. The highest BCUT2D eigenvalue weighted by Crippen LogP contribution is 2.37. The quantitative estimate of drug-likeness (QED) is 0.674. The molecule has 2 saturated heterocycles. The molecule has 26 heavy (non-hydrogen) atoms. The Hall–Kier alpha value is -2.15. The van der Waals surface area contributed by atoms with Crippen LogP contribution in [0.1, 0.15) is 45.1 Å². The minimum atomic E-state index is -0.776. The molecule has 0 saturated carbocycles. The lowest BCUT2D eigenvalue weighted by Gasteiger charge is -2.38. The lowest BCUT2D eigenvalue weighted by Crippen LogP contribution is -2.55. The average molecular weight is 359 g/mol. The summed E-state index contributed by atoms with van der Waals surface area (Å²) >= 11 is 0. The first kappa shape index (κ1) is 18.6. The number of rotatable bonds is 6. The van der Waals surface area contributed by atoms with Gasteiger partial charge < -0.3 is 16.4 Å². The van der Waals surface area contributed by atoms with Crippen LogP contribution in [-0.4, -0.2) is 40.5 Å². The number of piperidine rings is 1. The van der Waals surface area contributed by atoms with Crippen molar-refractivity contribution in [1.82, 2.24) is 20.5 Å². The molecule has 1 aromatic heterocycles. The third-order valence-corrected chi connectivity index (χ3v) is 5.54. The Morgan fingerprint density at radius 3 is 2.73 bits per heavy atom. The van der Waals surface area contributed by atoms with E-state index in [4.69, 9.17) is 5.73 Å². The lowest BCUT2D eigenvalue weighted by atomic mass is 9.74. The molecule has 1 atom stereocenters. The zero-order valence-electron chi connectivity index (χ0n) is 15.6. The monoisotopic (exact) mass is 359 g/mol. The largest absolute Gasteiger partial charge is 0.384 e. The Bertz CT molecular complexity index is 672. The van der Waals surface area contributed by atoms with Gasteiger partial charge in [0.05, 0.1) is 6.54 Å². The van der Waals surface area contributed by atoms with Gasteiger partial charge in [-0.05, 0) is 68.3 Å². The third kappa shape index (κ3) is 3.67. The number of hydrogen-bond acceptors (Lipinski definition) is 5. The molecule has 0 spiro atoms. The first-order valence-electron chi connectivity index (χ1n) is 9.47. The van der Waals surface area contributed by atoms with E-state index in [2.05, 4.69) is 29.5 Å². The van der Waals surface area contributed by atoms with Gasteiger partial charge >= 0.3 is 6.03 Å². The maximum atomic E-state index is 13.4. The lowest BCUT2D eigenvalue weighted by molar-refractivity contribution is -0.134. The number of amides is 3. The molecule has 1 unspecified atom stereocenters. The van der Waals surface area contributed by atoms with Gasteiger partial charge in [-0.2, -0.15) is 0 Å². The van der Waals surface area contributed by atoms with Gasteiger partial charge in [0, 0.05) is 6.20 Å². The normalized spacial score (nSPS) is 24.3. The summed E-state index contributed by atoms with van der Waals surface area (Å²) in [5.41, 5.74) is 5.77. The molecule has 142 valence electrons. The van der Waals surface area contributed by atoms with Crippen LogP contribution in [0.4, 0.5) is 10.6 Å². The van der Waals surface area contributed by atoms with E-state index in [1.165, 1.54) is 4.90 Å². The number of anilines is 1. The second-order valence-electron chi connectivity index (χ2n) is 7.84. The maximum Gasteiger partial charge on any atom is 0.325 e. The van der Waals surface area contributed by atoms with Crippen molar-refractivity contribution in [3.05, 3.63) is 23.9 Å². The summed E-state index contributed by atoms with van der Waals surface area (Å²) in [5.74, 6) is 0.947. The highest BCUT2D eigenvalue weighted by atomic mass is 16.2. The summed E-state index contributed by atoms with van der Waals surface area (Å²) in [6, 6.07) is 3.20. The number of nitrogen functional groups attached to an aromatic ring is 1. The van der Waals surface area contributed by atoms with Crippen molar-refractivity contribution >= 4 is 17.8 Å². The fourth-order valence-electron chi connectivity index (χ4n) is 4.05. The van der Waals surface area contributed by atoms with E-state index in [1.807, 2.05) is 0 Å². The van der Waals surface area contributed by atoms with Gasteiger partial charge in [0.1, 0.15) is 11.4 Å². The highest BCUT2D eigenvalue weighted by molar-refractivity contribution is 6.07. The molecular formula is C19H29N5O2. The Kier molecular flexibility index (Phi) is 5.46. The van der Waals surface area contributed by atoms with Crippen molar-refractivity contribution in [2.45, 2.75) is 51.6 Å². The van der Waals surface area contributed by atoms with Gasteiger partial charge in [0.15, 0.2) is 0 Å². The van der Waals surface area contributed by atoms with E-state index < -0.39 is 5.54 Å². The molecule has 1 aromatic rings. The number of nitrogens with one attached hydrogen (secondary N) is 2. The van der Waals surface area contributed by atoms with Crippen molar-refractivity contribution in [3.63, 3.8) is 0 Å². The Labute approximate surface area is 154 Å². The zero-order valence-corrected chi connectivity index (χ0v) is 15.6. The molecule has 0 bridgehead atoms. The summed E-state index contributed by atoms with van der Waals surface area (Å²) in [4.78, 5) is 31.4. The van der Waals surface area contributed by atoms with Crippen LogP contribution in [0.2, 0.25) is 0 Å². The van der Waals surface area contributed by atoms with Gasteiger partial charge in [-0.25, -0.2) is 9.78 Å². The van der Waals surface area contributed by atoms with Crippen molar-refractivity contribution in [3.8, 4) is 0 Å². The topological polar surface area (TPSA) is 100 Å². The van der Waals surface area contributed by atoms with Crippen LogP contribution in [0.3, 0.4) is 0 Å². The van der Waals surface area contributed by atoms with Crippen LogP contribution in [0.15, 0.2) is 18.3 Å². The van der Waals surface area contributed by atoms with Crippen LogP contribution in [0, 0.1) is 11.8 Å². The van der Waals surface area contributed by atoms with Crippen molar-refractivity contribution < 1.29 is 9.59 Å². The minimum absolute atomic E-state index is 0.0922. The number of urea groups is 1. The number of hydrogen-bond donors (Lipinski definition) is 3. The predicted molar refractivity (Wildman–Crippen MR) is 100 cm³/mol. The molecule has 7 heteroatoms. The zero-order chi connectivity index (χ0) is 18.7. The first-order valence-corrected chi connectivity index (χ1v) is 9.47. The molecule has 2 aliphatic heterocycles. The average Bonchev–Trinajstić information content (AvgIpc) is 2.86. The van der Waals surface area contributed by atoms with E-state index in [0.29, 0.717) is 18.2 Å². The van der Waals surface area contributed by atoms with Gasteiger partial charge in [-0.1, -0.05) is 13.8 Å². The van der Waals surface area contributed by atoms with E-state index in [0.717, 1.165) is 37.9 Å². The highest BCUT2D eigenvalue weighted by Gasteiger charge is 2.55. The minimum Gasteiger partial charge on any atom is -0.384 e. The number of carbonyl (C=O) groups is 2. The molecule has 0 aromatic carbocycles. The fraction of sp³-hybridized carbons (Fsp3) is 0.632. The second kappa shape index (κ2) is 7.61. The molecule has 0 radical (unpaired) electrons. The number of pyridine rings is 1. The molecule has 3 rings (SSSR count). The predicted octanol–water partition coefficient (Wildman–Crippen LogP) is 1.89. The SMILES string of the molecule is CC(C)CCC1(C2CCNCC2)NC(=O)N(Cc2ccnc(N)c2)C1=O.